The summed E-state index contributed by atoms with van der Waals surface area (Å²) in [5.74, 6) is -2.17. The quantitative estimate of drug-likeness (QED) is 0.730. The highest BCUT2D eigenvalue weighted by molar-refractivity contribution is 6.05. The summed E-state index contributed by atoms with van der Waals surface area (Å²) in [7, 11) is 0. The van der Waals surface area contributed by atoms with E-state index in [-0.39, 0.29) is 37.1 Å². The van der Waals surface area contributed by atoms with Crippen molar-refractivity contribution in [3.63, 3.8) is 0 Å². The average Bonchev–Trinajstić information content (AvgIpc) is 3.02. The first-order valence-corrected chi connectivity index (χ1v) is 10.3. The first-order chi connectivity index (χ1) is 14.2. The van der Waals surface area contributed by atoms with Crippen molar-refractivity contribution >= 4 is 17.7 Å². The molecule has 1 saturated carbocycles. The number of halogens is 3. The normalized spacial score (nSPS) is 27.2. The molecule has 0 radical (unpaired) electrons. The monoisotopic (exact) mass is 423 g/mol. The molecular formula is C21H24F3N3O3. The second-order valence-corrected chi connectivity index (χ2v) is 8.36. The molecule has 3 aliphatic rings. The maximum Gasteiger partial charge on any atom is 0.391 e. The summed E-state index contributed by atoms with van der Waals surface area (Å²) in [6.45, 7) is 0.826. The number of piperidine rings is 1. The molecule has 9 heteroatoms. The molecule has 2 heterocycles. The van der Waals surface area contributed by atoms with Crippen LogP contribution in [0.15, 0.2) is 18.2 Å². The fraction of sp³-hybridized carbons (Fsp3) is 0.571. The summed E-state index contributed by atoms with van der Waals surface area (Å²) in [6.07, 6.45) is -2.27. The van der Waals surface area contributed by atoms with Crippen LogP contribution in [0.1, 0.15) is 60.0 Å². The summed E-state index contributed by atoms with van der Waals surface area (Å²) >= 11 is 0. The number of rotatable bonds is 4. The van der Waals surface area contributed by atoms with Crippen molar-refractivity contribution in [1.29, 1.82) is 0 Å². The predicted octanol–water partition coefficient (Wildman–Crippen LogP) is 2.66. The van der Waals surface area contributed by atoms with E-state index in [0.29, 0.717) is 37.9 Å². The van der Waals surface area contributed by atoms with Gasteiger partial charge in [0.05, 0.1) is 5.92 Å². The van der Waals surface area contributed by atoms with Gasteiger partial charge in [-0.1, -0.05) is 12.1 Å². The number of amides is 3. The average molecular weight is 423 g/mol. The van der Waals surface area contributed by atoms with Crippen LogP contribution in [0.4, 0.5) is 13.2 Å². The molecule has 1 atom stereocenters. The highest BCUT2D eigenvalue weighted by atomic mass is 19.4. The summed E-state index contributed by atoms with van der Waals surface area (Å²) in [6, 6.07) is 4.89. The fourth-order valence-electron chi connectivity index (χ4n) is 4.62. The number of carbonyl (C=O) groups is 3. The standard InChI is InChI=1S/C21H24F3N3O3/c22-21(23,24)14-2-4-15(5-3-14)25-10-12-1-6-16-13(9-12)11-27(20(16)30)17-7-8-18(28)26-19(17)29/h1,6,9,14-15,17,25H,2-5,7-8,10-11H2,(H,26,28,29). The van der Waals surface area contributed by atoms with Crippen molar-refractivity contribution in [2.75, 3.05) is 0 Å². The number of hydrogen-bond donors (Lipinski definition) is 2. The summed E-state index contributed by atoms with van der Waals surface area (Å²) in [5.41, 5.74) is 2.32. The summed E-state index contributed by atoms with van der Waals surface area (Å²) < 4.78 is 38.4. The Bertz CT molecular complexity index is 863. The molecule has 1 aromatic rings. The molecule has 0 spiro atoms. The van der Waals surface area contributed by atoms with Crippen LogP contribution in [0.5, 0.6) is 0 Å². The molecular weight excluding hydrogens is 399 g/mol. The van der Waals surface area contributed by atoms with Crippen LogP contribution in [0.25, 0.3) is 0 Å². The lowest BCUT2D eigenvalue weighted by atomic mass is 9.85. The minimum absolute atomic E-state index is 0.0541. The molecule has 162 valence electrons. The van der Waals surface area contributed by atoms with E-state index in [1.807, 2.05) is 12.1 Å². The van der Waals surface area contributed by atoms with Crippen LogP contribution < -0.4 is 10.6 Å². The van der Waals surface area contributed by atoms with Gasteiger partial charge in [-0.05, 0) is 49.3 Å². The van der Waals surface area contributed by atoms with Crippen molar-refractivity contribution in [2.45, 2.75) is 69.9 Å². The van der Waals surface area contributed by atoms with Crippen LogP contribution in [-0.4, -0.2) is 40.9 Å². The van der Waals surface area contributed by atoms with E-state index in [4.69, 9.17) is 0 Å². The van der Waals surface area contributed by atoms with E-state index >= 15 is 0 Å². The van der Waals surface area contributed by atoms with Crippen molar-refractivity contribution in [2.24, 2.45) is 5.92 Å². The zero-order chi connectivity index (χ0) is 21.5. The van der Waals surface area contributed by atoms with Gasteiger partial charge in [0.2, 0.25) is 11.8 Å². The van der Waals surface area contributed by atoms with Gasteiger partial charge in [0, 0.05) is 31.1 Å². The van der Waals surface area contributed by atoms with E-state index in [9.17, 15) is 27.6 Å². The van der Waals surface area contributed by atoms with Crippen molar-refractivity contribution in [3.05, 3.63) is 34.9 Å². The highest BCUT2D eigenvalue weighted by Crippen LogP contribution is 2.37. The Kier molecular flexibility index (Phi) is 5.57. The van der Waals surface area contributed by atoms with Gasteiger partial charge in [-0.2, -0.15) is 13.2 Å². The smallest absolute Gasteiger partial charge is 0.322 e. The van der Waals surface area contributed by atoms with Gasteiger partial charge in [0.25, 0.3) is 5.91 Å². The number of benzene rings is 1. The number of nitrogens with one attached hydrogen (secondary N) is 2. The van der Waals surface area contributed by atoms with Crippen LogP contribution >= 0.6 is 0 Å². The number of hydrogen-bond acceptors (Lipinski definition) is 4. The molecule has 1 aromatic carbocycles. The van der Waals surface area contributed by atoms with E-state index in [1.165, 1.54) is 4.90 Å². The Labute approximate surface area is 172 Å². The first-order valence-electron chi connectivity index (χ1n) is 10.3. The molecule has 4 rings (SSSR count). The number of imide groups is 1. The lowest BCUT2D eigenvalue weighted by Crippen LogP contribution is -2.52. The highest BCUT2D eigenvalue weighted by Gasteiger charge is 2.41. The number of carbonyl (C=O) groups excluding carboxylic acids is 3. The maximum absolute atomic E-state index is 12.8. The zero-order valence-electron chi connectivity index (χ0n) is 16.4. The van der Waals surface area contributed by atoms with Gasteiger partial charge in [-0.15, -0.1) is 0 Å². The third-order valence-corrected chi connectivity index (χ3v) is 6.37. The maximum atomic E-state index is 12.8. The molecule has 2 aliphatic heterocycles. The van der Waals surface area contributed by atoms with Crippen LogP contribution in [0.2, 0.25) is 0 Å². The van der Waals surface area contributed by atoms with Crippen molar-refractivity contribution in [1.82, 2.24) is 15.5 Å². The fourth-order valence-corrected chi connectivity index (χ4v) is 4.62. The van der Waals surface area contributed by atoms with Gasteiger partial charge in [0.1, 0.15) is 6.04 Å². The third-order valence-electron chi connectivity index (χ3n) is 6.37. The largest absolute Gasteiger partial charge is 0.391 e. The molecule has 2 fully saturated rings. The zero-order valence-corrected chi connectivity index (χ0v) is 16.4. The second kappa shape index (κ2) is 8.02. The molecule has 2 N–H and O–H groups in total. The van der Waals surface area contributed by atoms with Gasteiger partial charge in [0.15, 0.2) is 0 Å². The summed E-state index contributed by atoms with van der Waals surface area (Å²) in [4.78, 5) is 37.7. The Morgan fingerprint density at radius 1 is 1.07 bits per heavy atom. The first kappa shape index (κ1) is 20.8. The number of nitrogens with zero attached hydrogens (tertiary/aromatic N) is 1. The number of alkyl halides is 3. The van der Waals surface area contributed by atoms with E-state index in [1.54, 1.807) is 6.07 Å². The predicted molar refractivity (Wildman–Crippen MR) is 101 cm³/mol. The topological polar surface area (TPSA) is 78.5 Å². The molecule has 6 nitrogen and oxygen atoms in total. The van der Waals surface area contributed by atoms with Gasteiger partial charge >= 0.3 is 6.18 Å². The molecule has 30 heavy (non-hydrogen) atoms. The molecule has 0 bridgehead atoms. The molecule has 3 amide bonds. The number of fused-ring (bicyclic) bond motifs is 1. The molecule has 1 unspecified atom stereocenters. The Balaban J connectivity index is 1.34. The Morgan fingerprint density at radius 3 is 2.47 bits per heavy atom. The van der Waals surface area contributed by atoms with Gasteiger partial charge in [-0.25, -0.2) is 0 Å². The lowest BCUT2D eigenvalue weighted by Gasteiger charge is -2.30. The minimum atomic E-state index is -4.11. The van der Waals surface area contributed by atoms with E-state index in [0.717, 1.165) is 11.1 Å². The molecule has 0 aromatic heterocycles. The second-order valence-electron chi connectivity index (χ2n) is 8.36. The van der Waals surface area contributed by atoms with Gasteiger partial charge < -0.3 is 10.2 Å². The van der Waals surface area contributed by atoms with Crippen LogP contribution in [-0.2, 0) is 22.7 Å². The molecule has 1 aliphatic carbocycles. The van der Waals surface area contributed by atoms with Gasteiger partial charge in [-0.3, -0.25) is 19.7 Å². The Morgan fingerprint density at radius 2 is 1.80 bits per heavy atom. The molecule has 1 saturated heterocycles. The van der Waals surface area contributed by atoms with Crippen molar-refractivity contribution < 1.29 is 27.6 Å². The minimum Gasteiger partial charge on any atom is -0.322 e. The van der Waals surface area contributed by atoms with Crippen molar-refractivity contribution in [3.8, 4) is 0 Å². The van der Waals surface area contributed by atoms with Crippen LogP contribution in [0, 0.1) is 5.92 Å². The SMILES string of the molecule is O=C1CCC(N2Cc3cc(CNC4CCC(C(F)(F)F)CC4)ccc3C2=O)C(=O)N1. The summed E-state index contributed by atoms with van der Waals surface area (Å²) in [5, 5.41) is 5.61. The third kappa shape index (κ3) is 4.21. The van der Waals surface area contributed by atoms with E-state index < -0.39 is 24.0 Å². The van der Waals surface area contributed by atoms with Crippen LogP contribution in [0.3, 0.4) is 0 Å². The Hall–Kier alpha value is -2.42. The van der Waals surface area contributed by atoms with E-state index in [2.05, 4.69) is 10.6 Å². The lowest BCUT2D eigenvalue weighted by molar-refractivity contribution is -0.182.